The quantitative estimate of drug-likeness (QED) is 0.494. The van der Waals surface area contributed by atoms with E-state index < -0.39 is 0 Å². The van der Waals surface area contributed by atoms with E-state index in [4.69, 9.17) is 5.73 Å². The predicted octanol–water partition coefficient (Wildman–Crippen LogP) is -0.291. The molecule has 2 heterocycles. The lowest BCUT2D eigenvalue weighted by Crippen LogP contribution is -2.14. The lowest BCUT2D eigenvalue weighted by atomic mass is 10.2. The summed E-state index contributed by atoms with van der Waals surface area (Å²) in [6.07, 6.45) is 0.720. The van der Waals surface area contributed by atoms with Crippen molar-refractivity contribution in [3.8, 4) is 0 Å². The van der Waals surface area contributed by atoms with Gasteiger partial charge in [-0.25, -0.2) is 0 Å². The fourth-order valence-electron chi connectivity index (χ4n) is 1.41. The summed E-state index contributed by atoms with van der Waals surface area (Å²) in [5, 5.41) is 3.07. The topological polar surface area (TPSA) is 83.8 Å². The third kappa shape index (κ3) is 0.939. The number of nitrogens with one attached hydrogen (secondary N) is 2. The van der Waals surface area contributed by atoms with E-state index in [0.717, 1.165) is 6.42 Å². The summed E-state index contributed by atoms with van der Waals surface area (Å²) >= 11 is 0. The van der Waals surface area contributed by atoms with Crippen molar-refractivity contribution in [3.05, 3.63) is 15.9 Å². The Balaban J connectivity index is 2.60. The van der Waals surface area contributed by atoms with Crippen LogP contribution in [0.15, 0.2) is 4.79 Å². The van der Waals surface area contributed by atoms with Crippen molar-refractivity contribution in [1.82, 2.24) is 9.97 Å². The van der Waals surface area contributed by atoms with Gasteiger partial charge in [0.15, 0.2) is 0 Å². The lowest BCUT2D eigenvalue weighted by molar-refractivity contribution is 0.833. The van der Waals surface area contributed by atoms with Crippen LogP contribution in [0.1, 0.15) is 12.5 Å². The molecule has 2 rings (SSSR count). The van der Waals surface area contributed by atoms with E-state index >= 15 is 0 Å². The Kier molecular flexibility index (Phi) is 1.33. The molecule has 0 saturated heterocycles. The molecule has 0 radical (unpaired) electrons. The summed E-state index contributed by atoms with van der Waals surface area (Å²) in [4.78, 5) is 17.7. The molecule has 0 bridgehead atoms. The number of aromatic amines is 1. The third-order valence-electron chi connectivity index (χ3n) is 1.93. The summed E-state index contributed by atoms with van der Waals surface area (Å²) in [6.45, 7) is 2.00. The van der Waals surface area contributed by atoms with Gasteiger partial charge in [0.1, 0.15) is 5.82 Å². The van der Waals surface area contributed by atoms with Gasteiger partial charge in [0, 0.05) is 12.5 Å². The van der Waals surface area contributed by atoms with Crippen LogP contribution in [0.5, 0.6) is 0 Å². The van der Waals surface area contributed by atoms with Crippen molar-refractivity contribution in [2.24, 2.45) is 0 Å². The SMILES string of the molecule is CC1Cc2c(nc(N)[nH]c2=O)N1. The molecular weight excluding hydrogens is 156 g/mol. The number of aromatic nitrogens is 2. The molecule has 5 heteroatoms. The minimum atomic E-state index is -0.130. The zero-order chi connectivity index (χ0) is 8.72. The van der Waals surface area contributed by atoms with E-state index in [1.807, 2.05) is 6.92 Å². The Bertz CT molecular complexity index is 370. The van der Waals surface area contributed by atoms with Gasteiger partial charge in [-0.1, -0.05) is 0 Å². The first-order valence-electron chi connectivity index (χ1n) is 3.82. The minimum Gasteiger partial charge on any atom is -0.369 e. The fourth-order valence-corrected chi connectivity index (χ4v) is 1.41. The Morgan fingerprint density at radius 1 is 1.67 bits per heavy atom. The van der Waals surface area contributed by atoms with E-state index in [1.54, 1.807) is 0 Å². The van der Waals surface area contributed by atoms with Gasteiger partial charge in [-0.05, 0) is 6.92 Å². The van der Waals surface area contributed by atoms with Crippen molar-refractivity contribution in [2.45, 2.75) is 19.4 Å². The monoisotopic (exact) mass is 166 g/mol. The predicted molar refractivity (Wildman–Crippen MR) is 46.1 cm³/mol. The van der Waals surface area contributed by atoms with Gasteiger partial charge in [-0.3, -0.25) is 9.78 Å². The molecule has 1 unspecified atom stereocenters. The Morgan fingerprint density at radius 3 is 3.17 bits per heavy atom. The normalized spacial score (nSPS) is 20.2. The van der Waals surface area contributed by atoms with Crippen LogP contribution in [0.4, 0.5) is 11.8 Å². The second-order valence-corrected chi connectivity index (χ2v) is 3.03. The number of hydrogen-bond acceptors (Lipinski definition) is 4. The van der Waals surface area contributed by atoms with Crippen LogP contribution in [0, 0.1) is 0 Å². The molecule has 0 saturated carbocycles. The molecule has 1 aromatic rings. The second kappa shape index (κ2) is 2.23. The van der Waals surface area contributed by atoms with Crippen LogP contribution in [0.2, 0.25) is 0 Å². The van der Waals surface area contributed by atoms with Gasteiger partial charge in [-0.2, -0.15) is 4.98 Å². The first kappa shape index (κ1) is 7.15. The average molecular weight is 166 g/mol. The highest BCUT2D eigenvalue weighted by atomic mass is 16.1. The highest BCUT2D eigenvalue weighted by Gasteiger charge is 2.21. The van der Waals surface area contributed by atoms with E-state index in [9.17, 15) is 4.79 Å². The molecule has 0 spiro atoms. The molecule has 1 aromatic heterocycles. The molecule has 1 aliphatic heterocycles. The number of anilines is 2. The summed E-state index contributed by atoms with van der Waals surface area (Å²) in [7, 11) is 0. The molecule has 0 amide bonds. The number of H-pyrrole nitrogens is 1. The van der Waals surface area contributed by atoms with Crippen molar-refractivity contribution in [3.63, 3.8) is 0 Å². The maximum atomic E-state index is 11.3. The smallest absolute Gasteiger partial charge is 0.257 e. The van der Waals surface area contributed by atoms with Gasteiger partial charge >= 0.3 is 0 Å². The Labute approximate surface area is 69.0 Å². The van der Waals surface area contributed by atoms with Crippen LogP contribution in [0.3, 0.4) is 0 Å². The number of nitrogen functional groups attached to an aromatic ring is 1. The molecule has 0 aromatic carbocycles. The summed E-state index contributed by atoms with van der Waals surface area (Å²) in [5.74, 6) is 0.795. The van der Waals surface area contributed by atoms with Gasteiger partial charge in [0.05, 0.1) is 5.56 Å². The zero-order valence-electron chi connectivity index (χ0n) is 6.72. The number of fused-ring (bicyclic) bond motifs is 1. The number of hydrogen-bond donors (Lipinski definition) is 3. The summed E-state index contributed by atoms with van der Waals surface area (Å²) < 4.78 is 0. The van der Waals surface area contributed by atoms with Crippen LogP contribution >= 0.6 is 0 Å². The van der Waals surface area contributed by atoms with E-state index in [2.05, 4.69) is 15.3 Å². The van der Waals surface area contributed by atoms with Gasteiger partial charge < -0.3 is 11.1 Å². The molecule has 0 aliphatic carbocycles. The molecule has 12 heavy (non-hydrogen) atoms. The first-order chi connectivity index (χ1) is 5.66. The van der Waals surface area contributed by atoms with Crippen molar-refractivity contribution >= 4 is 11.8 Å². The molecule has 0 fully saturated rings. The Hall–Kier alpha value is -1.52. The number of rotatable bonds is 0. The number of nitrogens with zero attached hydrogens (tertiary/aromatic N) is 1. The third-order valence-corrected chi connectivity index (χ3v) is 1.93. The van der Waals surface area contributed by atoms with Crippen molar-refractivity contribution < 1.29 is 0 Å². The van der Waals surface area contributed by atoms with Crippen molar-refractivity contribution in [2.75, 3.05) is 11.1 Å². The maximum absolute atomic E-state index is 11.3. The zero-order valence-corrected chi connectivity index (χ0v) is 6.72. The lowest BCUT2D eigenvalue weighted by Gasteiger charge is -2.00. The standard InChI is InChI=1S/C7H10N4O/c1-3-2-4-5(9-3)10-7(8)11-6(4)12/h3H,2H2,1H3,(H4,8,9,10,11,12). The highest BCUT2D eigenvalue weighted by Crippen LogP contribution is 2.19. The summed E-state index contributed by atoms with van der Waals surface area (Å²) in [6, 6.07) is 0.274. The first-order valence-corrected chi connectivity index (χ1v) is 3.82. The van der Waals surface area contributed by atoms with Crippen LogP contribution in [-0.2, 0) is 6.42 Å². The molecule has 64 valence electrons. The number of nitrogens with two attached hydrogens (primary N) is 1. The van der Waals surface area contributed by atoms with E-state index in [0.29, 0.717) is 11.4 Å². The van der Waals surface area contributed by atoms with E-state index in [1.165, 1.54) is 0 Å². The maximum Gasteiger partial charge on any atom is 0.257 e. The largest absolute Gasteiger partial charge is 0.369 e. The van der Waals surface area contributed by atoms with E-state index in [-0.39, 0.29) is 17.5 Å². The minimum absolute atomic E-state index is 0.130. The fraction of sp³-hybridized carbons (Fsp3) is 0.429. The molecule has 1 atom stereocenters. The molecule has 1 aliphatic rings. The second-order valence-electron chi connectivity index (χ2n) is 3.03. The highest BCUT2D eigenvalue weighted by molar-refractivity contribution is 5.51. The molecule has 4 N–H and O–H groups in total. The van der Waals surface area contributed by atoms with Crippen LogP contribution in [-0.4, -0.2) is 16.0 Å². The average Bonchev–Trinajstić information content (AvgIpc) is 2.29. The van der Waals surface area contributed by atoms with Crippen LogP contribution < -0.4 is 16.6 Å². The summed E-state index contributed by atoms with van der Waals surface area (Å²) in [5.41, 5.74) is 5.95. The van der Waals surface area contributed by atoms with Crippen molar-refractivity contribution in [1.29, 1.82) is 0 Å². The molecular formula is C7H10N4O. The molecule has 5 nitrogen and oxygen atoms in total. The van der Waals surface area contributed by atoms with Crippen LogP contribution in [0.25, 0.3) is 0 Å². The van der Waals surface area contributed by atoms with Gasteiger partial charge in [-0.15, -0.1) is 0 Å². The van der Waals surface area contributed by atoms with Gasteiger partial charge in [0.2, 0.25) is 5.95 Å². The van der Waals surface area contributed by atoms with Gasteiger partial charge in [0.25, 0.3) is 5.56 Å². The Morgan fingerprint density at radius 2 is 2.42 bits per heavy atom.